The summed E-state index contributed by atoms with van der Waals surface area (Å²) in [5.41, 5.74) is 14.1. The molecule has 2 saturated carbocycles. The van der Waals surface area contributed by atoms with Gasteiger partial charge in [0.1, 0.15) is 72.0 Å². The largest absolute Gasteiger partial charge is 0.510 e. The first kappa shape index (κ1) is 67.6. The average Bonchev–Trinajstić information content (AvgIpc) is 1.56. The predicted molar refractivity (Wildman–Crippen MR) is 348 cm³/mol. The predicted octanol–water partition coefficient (Wildman–Crippen LogP) is 13.0. The summed E-state index contributed by atoms with van der Waals surface area (Å²) in [7, 11) is 0. The number of carbonyl (C=O) groups excluding carboxylic acids is 3. The number of phenolic OH excluding ortho intramolecular Hbond substituents is 2. The van der Waals surface area contributed by atoms with Gasteiger partial charge in [-0.05, 0) is 126 Å². The Bertz CT molecular complexity index is 4690. The number of hydrogen-bond acceptors (Lipinski definition) is 16. The van der Waals surface area contributed by atoms with Gasteiger partial charge in [-0.2, -0.15) is 49.6 Å². The van der Waals surface area contributed by atoms with E-state index in [1.165, 1.54) is 48.8 Å². The monoisotopic (exact) mass is 1800 g/mol. The zero-order chi connectivity index (χ0) is 66.8. The summed E-state index contributed by atoms with van der Waals surface area (Å²) in [4.78, 5) is 39.5. The first-order valence-corrected chi connectivity index (χ1v) is 31.0. The fourth-order valence-corrected chi connectivity index (χ4v) is 13.8. The van der Waals surface area contributed by atoms with Crippen molar-refractivity contribution in [1.29, 1.82) is 0 Å². The van der Waals surface area contributed by atoms with Crippen LogP contribution in [0.3, 0.4) is 0 Å². The van der Waals surface area contributed by atoms with Gasteiger partial charge in [-0.15, -0.1) is 51.4 Å². The fraction of sp³-hybridized carbons (Fsp3) is 0.311. The molecule has 3 aromatic heterocycles. The molecule has 19 nitrogen and oxygen atoms in total. The maximum atomic E-state index is 12.0. The number of rotatable bonds is 16. The van der Waals surface area contributed by atoms with Gasteiger partial charge >= 0.3 is 17.9 Å². The van der Waals surface area contributed by atoms with Crippen LogP contribution in [-0.2, 0) is 110 Å². The van der Waals surface area contributed by atoms with Crippen LogP contribution in [0, 0.1) is 65.6 Å². The van der Waals surface area contributed by atoms with Crippen molar-refractivity contribution in [2.75, 3.05) is 13.2 Å². The smallest absolute Gasteiger partial charge is 0.333 e. The van der Waals surface area contributed by atoms with Crippen LogP contribution in [0.5, 0.6) is 11.5 Å². The van der Waals surface area contributed by atoms with E-state index >= 15 is 0 Å². The van der Waals surface area contributed by atoms with Crippen molar-refractivity contribution in [3.8, 4) is 22.9 Å². The number of para-hydroxylation sites is 1. The van der Waals surface area contributed by atoms with E-state index in [1.54, 1.807) is 51.1 Å². The van der Waals surface area contributed by atoms with Gasteiger partial charge in [-0.1, -0.05) is 79.1 Å². The number of nitrogens with zero attached hydrogens (tertiary/aromatic N) is 9. The first-order chi connectivity index (χ1) is 45.6. The molecular weight excluding hydrogens is 1730 g/mol. The van der Waals surface area contributed by atoms with E-state index in [0.29, 0.717) is 79.2 Å². The number of aliphatic hydroxyl groups is 1. The van der Waals surface area contributed by atoms with E-state index in [9.17, 15) is 29.7 Å². The topological polar surface area (TPSA) is 241 Å². The summed E-state index contributed by atoms with van der Waals surface area (Å²) in [5, 5.41) is 60.1. The minimum atomic E-state index is -0.562. The van der Waals surface area contributed by atoms with Gasteiger partial charge in [0.2, 0.25) is 0 Å². The molecule has 0 aliphatic heterocycles. The quantitative estimate of drug-likeness (QED) is 0.0203. The molecule has 6 bridgehead atoms. The molecule has 0 radical (unpaired) electrons. The van der Waals surface area contributed by atoms with Crippen molar-refractivity contribution in [1.82, 2.24) is 45.0 Å². The third kappa shape index (κ3) is 14.0. The zero-order valence-electron chi connectivity index (χ0n) is 55.6. The van der Waals surface area contributed by atoms with E-state index in [-0.39, 0.29) is 166 Å². The van der Waals surface area contributed by atoms with E-state index in [2.05, 4.69) is 108 Å². The van der Waals surface area contributed by atoms with Crippen LogP contribution in [0.1, 0.15) is 98.1 Å². The number of fused-ring (bicyclic) bond motifs is 12. The fourth-order valence-electron chi connectivity index (χ4n) is 13.8. The van der Waals surface area contributed by atoms with Crippen LogP contribution in [0.15, 0.2) is 174 Å². The van der Waals surface area contributed by atoms with Gasteiger partial charge in [-0.25, -0.2) is 30.2 Å². The molecule has 3 heterocycles. The summed E-state index contributed by atoms with van der Waals surface area (Å²) >= 11 is 0. The minimum Gasteiger partial charge on any atom is -0.510 e. The van der Waals surface area contributed by atoms with Crippen LogP contribution in [0.4, 0.5) is 0 Å². The number of ether oxygens (including phenoxy) is 4. The van der Waals surface area contributed by atoms with Gasteiger partial charge in [0.15, 0.2) is 0 Å². The second-order valence-electron chi connectivity index (χ2n) is 25.0. The number of esters is 3. The van der Waals surface area contributed by atoms with E-state index in [0.717, 1.165) is 41.7 Å². The second-order valence-corrected chi connectivity index (χ2v) is 25.0. The Morgan fingerprint density at radius 2 is 1.21 bits per heavy atom. The number of allylic oxidation sites excluding steroid dienone is 12. The molecule has 22 heteroatoms. The Kier molecular flexibility index (Phi) is 20.5. The third-order valence-electron chi connectivity index (χ3n) is 18.5. The Labute approximate surface area is 601 Å². The molecule has 7 aliphatic carbocycles. The molecule has 0 amide bonds. The zero-order valence-corrected chi connectivity index (χ0v) is 62.4. The molecule has 5 aromatic carbocycles. The van der Waals surface area contributed by atoms with Crippen molar-refractivity contribution in [2.45, 2.75) is 86.3 Å². The van der Waals surface area contributed by atoms with Crippen LogP contribution < -0.4 is 0 Å². The van der Waals surface area contributed by atoms with Gasteiger partial charge in [-0.3, -0.25) is 6.08 Å². The molecule has 0 spiro atoms. The van der Waals surface area contributed by atoms with Crippen molar-refractivity contribution in [2.24, 2.45) is 47.3 Å². The number of hydrogen-bond donors (Lipinski definition) is 3. The van der Waals surface area contributed by atoms with Gasteiger partial charge in [0.25, 0.3) is 0 Å². The van der Waals surface area contributed by atoms with Crippen molar-refractivity contribution < 1.29 is 115 Å². The molecule has 492 valence electrons. The molecule has 10 unspecified atom stereocenters. The number of aliphatic hydroxyl groups excluding tert-OH is 1. The number of aromatic hydroxyl groups is 2. The molecule has 10 atom stereocenters. The molecular formula is C74H70N9O10W3-3. The summed E-state index contributed by atoms with van der Waals surface area (Å²) in [6.45, 7) is 21.9. The number of carbonyl (C=O) groups is 3. The first-order valence-electron chi connectivity index (χ1n) is 32.0. The summed E-state index contributed by atoms with van der Waals surface area (Å²) < 4.78 is 38.6. The molecule has 96 heavy (non-hydrogen) atoms. The SMILES string of the molecule is C=C(C)C(=O)OCCOC1=CC(n2nc3c[c-]ccc3n2)=C(O)C2C3CC(C=C3C)C12.[2H]C1C2CC(C=C2C)C1c1cc(COC(=O)C(=C)C)c(O)c(-n2nc3c[c-]ccc3n2)c1.[2H]c1cc(COC(=O)C(=C)C)c(O)c(-n2nc3ccc(C4=[C-]C5CC4C=C5C)cc3n2)c1.[W].[W].[W]. The Hall–Kier alpha value is -8.37. The van der Waals surface area contributed by atoms with E-state index in [1.807, 2.05) is 42.5 Å². The third-order valence-corrected chi connectivity index (χ3v) is 18.5. The summed E-state index contributed by atoms with van der Waals surface area (Å²) in [5.74, 6) is 1.32. The number of benzene rings is 5. The second kappa shape index (κ2) is 29.1. The van der Waals surface area contributed by atoms with Gasteiger partial charge in [0.05, 0.1) is 6.89 Å². The van der Waals surface area contributed by atoms with Crippen LogP contribution in [-0.4, -0.2) is 91.4 Å². The number of phenols is 2. The van der Waals surface area contributed by atoms with Crippen molar-refractivity contribution in [3.63, 3.8) is 0 Å². The Balaban J connectivity index is 0.000000157. The van der Waals surface area contributed by atoms with Crippen LogP contribution in [0.2, 0.25) is 0 Å². The van der Waals surface area contributed by atoms with Gasteiger partial charge in [0, 0.05) is 132 Å². The van der Waals surface area contributed by atoms with E-state index in [4.69, 9.17) is 21.7 Å². The maximum Gasteiger partial charge on any atom is 0.333 e. The standard InChI is InChI=1S/C25H22N3O3.C25H24N3O3.C24H24N3O4.3W/c1-14(2)25(30)31-13-17-5-4-6-23(24(17)29)28-26-21-8-7-16(12-22(21)27-28)20-11-18-10-19(20)9-15(18)3;1-14(2)25(30)31-13-19-10-18(20-11-16-9-17(20)8-15(16)3)12-23(24(19)29)28-26-21-6-4-5-7-22(21)27-28;1-13(2)24(29)31-9-8-30-20-12-19(27-25-17-6-4-5-7-18(17)26-27)23(28)22-16-11-15(21(20)22)10-14(16)3;;;/h4-9,12,18-19,29H,1,10,13H2,2-3H3;4,6-8,10,12,16-17,20,29H,1,9,11,13H2,2-3H3;4,6-7,10,12,15-16,21-22,28H,1,8-9,11H2,2-3H3;;;/q3*-1;;;/i4D;11D;;;;. The van der Waals surface area contributed by atoms with Crippen LogP contribution in [0.25, 0.3) is 55.7 Å². The maximum absolute atomic E-state index is 12.0. The molecule has 15 rings (SSSR count). The van der Waals surface area contributed by atoms with Crippen LogP contribution >= 0.6 is 0 Å². The van der Waals surface area contributed by atoms with Gasteiger partial charge < -0.3 is 34.3 Å². The molecule has 7 aliphatic rings. The minimum absolute atomic E-state index is 0. The molecule has 2 fully saturated rings. The Morgan fingerprint density at radius 1 is 0.615 bits per heavy atom. The summed E-state index contributed by atoms with van der Waals surface area (Å²) in [6.07, 6.45) is 15.1. The van der Waals surface area contributed by atoms with Crippen molar-refractivity contribution >= 4 is 62.3 Å². The molecule has 8 aromatic rings. The normalized spacial score (nSPS) is 23.0. The Morgan fingerprint density at radius 3 is 1.83 bits per heavy atom. The average molecular weight is 1800 g/mol. The summed E-state index contributed by atoms with van der Waals surface area (Å²) in [6, 6.07) is 29.3. The van der Waals surface area contributed by atoms with Crippen molar-refractivity contribution in [3.05, 3.63) is 214 Å². The van der Waals surface area contributed by atoms with E-state index < -0.39 is 17.9 Å². The molecule has 0 saturated heterocycles. The number of aromatic nitrogens is 9. The molecule has 3 N–H and O–H groups in total.